The van der Waals surface area contributed by atoms with Gasteiger partial charge in [0.2, 0.25) is 35.3 Å². The highest BCUT2D eigenvalue weighted by Crippen LogP contribution is 2.29. The average molecular weight is 957 g/mol. The number of ether oxygens (including phenoxy) is 8. The van der Waals surface area contributed by atoms with Gasteiger partial charge in [0.25, 0.3) is 11.8 Å². The van der Waals surface area contributed by atoms with Gasteiger partial charge in [0, 0.05) is 36.4 Å². The van der Waals surface area contributed by atoms with Gasteiger partial charge in [0.15, 0.2) is 0 Å². The first-order chi connectivity index (χ1) is 32.3. The monoisotopic (exact) mass is 957 g/mol. The first kappa shape index (κ1) is 59.4. The first-order valence-corrected chi connectivity index (χ1v) is 22.9. The summed E-state index contributed by atoms with van der Waals surface area (Å²) in [6.45, 7) is 19.6. The number of pyridine rings is 4. The number of nitrogens with zero attached hydrogens (tertiary/aromatic N) is 6. The molecule has 380 valence electrons. The van der Waals surface area contributed by atoms with Gasteiger partial charge in [-0.05, 0) is 87.2 Å². The molecule has 0 aliphatic carbocycles. The van der Waals surface area contributed by atoms with Gasteiger partial charge in [-0.25, -0.2) is 0 Å². The van der Waals surface area contributed by atoms with E-state index in [0.717, 1.165) is 51.4 Å². The minimum absolute atomic E-state index is 0.0168. The predicted octanol–water partition coefficient (Wildman–Crippen LogP) is 10.6. The molecular weight excluding hydrogens is 881 g/mol. The van der Waals surface area contributed by atoms with Crippen LogP contribution in [0.3, 0.4) is 0 Å². The van der Waals surface area contributed by atoms with Gasteiger partial charge >= 0.3 is 11.4 Å². The fraction of sp³-hybridized carbons (Fsp3) is 0.583. The van der Waals surface area contributed by atoms with Gasteiger partial charge in [-0.1, -0.05) is 55.4 Å². The molecule has 4 rings (SSSR count). The summed E-state index contributed by atoms with van der Waals surface area (Å²) >= 11 is 0. The van der Waals surface area contributed by atoms with E-state index in [9.17, 15) is 20.2 Å². The largest absolute Gasteiger partial charge is 0.481 e. The number of rotatable bonds is 26. The minimum Gasteiger partial charge on any atom is -0.481 e. The Morgan fingerprint density at radius 1 is 0.426 bits per heavy atom. The number of nitro groups is 2. The molecule has 0 saturated carbocycles. The van der Waals surface area contributed by atoms with Crippen molar-refractivity contribution in [2.45, 2.75) is 107 Å². The molecule has 4 aromatic heterocycles. The second-order valence-electron chi connectivity index (χ2n) is 16.9. The van der Waals surface area contributed by atoms with Crippen molar-refractivity contribution in [1.82, 2.24) is 19.9 Å². The molecule has 68 heavy (non-hydrogen) atoms. The van der Waals surface area contributed by atoms with Crippen LogP contribution in [0.2, 0.25) is 0 Å². The highest BCUT2D eigenvalue weighted by molar-refractivity contribution is 5.50. The number of nitrogen functional groups attached to an aromatic ring is 2. The normalized spacial score (nSPS) is 10.5. The van der Waals surface area contributed by atoms with Crippen LogP contribution in [-0.4, -0.2) is 84.6 Å². The smallest absolute Gasteiger partial charge is 0.331 e. The Bertz CT molecular complexity index is 2040. The number of nitrogens with two attached hydrogens (primary N) is 2. The van der Waals surface area contributed by atoms with E-state index in [1.165, 1.54) is 38.5 Å². The lowest BCUT2D eigenvalue weighted by Gasteiger charge is -2.09. The Kier molecular flexibility index (Phi) is 29.5. The molecule has 0 unspecified atom stereocenters. The molecule has 0 bridgehead atoms. The van der Waals surface area contributed by atoms with E-state index < -0.39 is 9.85 Å². The predicted molar refractivity (Wildman–Crippen MR) is 264 cm³/mol. The number of aromatic nitrogens is 4. The fourth-order valence-corrected chi connectivity index (χ4v) is 5.56. The topological polar surface area (TPSA) is 264 Å². The molecule has 0 aliphatic rings. The van der Waals surface area contributed by atoms with Crippen LogP contribution in [0.15, 0.2) is 48.5 Å². The molecule has 20 heteroatoms. The van der Waals surface area contributed by atoms with Gasteiger partial charge in [-0.3, -0.25) is 20.2 Å². The van der Waals surface area contributed by atoms with E-state index in [1.54, 1.807) is 38.5 Å². The summed E-state index contributed by atoms with van der Waals surface area (Å²) in [4.78, 5) is 36.6. The SMILES string of the molecule is COc1ccc(N)c(OCCCC(C)C)n1.COc1ccc([N+](=O)[O-])c(OCCCC(C)C)n1.COc1nc(OCCCC(C)C)ccc1N.COc1nc(OCCCC(C)C)ccc1[N+](=O)[O-]. The summed E-state index contributed by atoms with van der Waals surface area (Å²) in [5, 5.41) is 21.5. The van der Waals surface area contributed by atoms with Crippen LogP contribution in [0, 0.1) is 43.9 Å². The van der Waals surface area contributed by atoms with Gasteiger partial charge in [-0.2, -0.15) is 19.9 Å². The molecule has 4 heterocycles. The molecule has 0 atom stereocenters. The van der Waals surface area contributed by atoms with Crippen LogP contribution in [-0.2, 0) is 0 Å². The summed E-state index contributed by atoms with van der Waals surface area (Å²) < 4.78 is 41.6. The van der Waals surface area contributed by atoms with Crippen LogP contribution >= 0.6 is 0 Å². The zero-order valence-electron chi connectivity index (χ0n) is 42.2. The Morgan fingerprint density at radius 3 is 1.13 bits per heavy atom. The molecule has 0 aliphatic heterocycles. The molecule has 0 aromatic carbocycles. The Morgan fingerprint density at radius 2 is 0.735 bits per heavy atom. The molecule has 0 saturated heterocycles. The molecule has 0 fully saturated rings. The number of hydrogen-bond acceptors (Lipinski definition) is 18. The maximum atomic E-state index is 10.8. The number of methoxy groups -OCH3 is 4. The second kappa shape index (κ2) is 33.8. The van der Waals surface area contributed by atoms with Crippen molar-refractivity contribution in [3.63, 3.8) is 0 Å². The van der Waals surface area contributed by atoms with E-state index in [0.29, 0.717) is 96.8 Å². The van der Waals surface area contributed by atoms with Gasteiger partial charge in [0.1, 0.15) is 0 Å². The maximum absolute atomic E-state index is 10.8. The minimum atomic E-state index is -0.533. The highest BCUT2D eigenvalue weighted by Gasteiger charge is 2.19. The third-order valence-corrected chi connectivity index (χ3v) is 9.24. The lowest BCUT2D eigenvalue weighted by Crippen LogP contribution is -2.04. The van der Waals surface area contributed by atoms with Gasteiger partial charge in [0.05, 0.1) is 76.1 Å². The fourth-order valence-electron chi connectivity index (χ4n) is 5.56. The maximum Gasteiger partial charge on any atom is 0.331 e. The van der Waals surface area contributed by atoms with Crippen LogP contribution in [0.5, 0.6) is 47.0 Å². The molecule has 20 nitrogen and oxygen atoms in total. The van der Waals surface area contributed by atoms with E-state index in [2.05, 4.69) is 75.3 Å². The molecule has 0 amide bonds. The lowest BCUT2D eigenvalue weighted by molar-refractivity contribution is -0.386. The molecule has 4 aromatic rings. The first-order valence-electron chi connectivity index (χ1n) is 22.9. The Hall–Kier alpha value is -6.60. The number of hydrogen-bond donors (Lipinski definition) is 2. The average Bonchev–Trinajstić information content (AvgIpc) is 3.30. The number of anilines is 2. The van der Waals surface area contributed by atoms with Crippen LogP contribution in [0.4, 0.5) is 22.7 Å². The van der Waals surface area contributed by atoms with E-state index in [-0.39, 0.29) is 23.1 Å². The Balaban J connectivity index is 0.000000454. The van der Waals surface area contributed by atoms with E-state index in [4.69, 9.17) is 49.4 Å². The molecule has 0 spiro atoms. The third kappa shape index (κ3) is 25.3. The highest BCUT2D eigenvalue weighted by atomic mass is 16.6. The third-order valence-electron chi connectivity index (χ3n) is 9.24. The summed E-state index contributed by atoms with van der Waals surface area (Å²) in [5.41, 5.74) is 12.2. The Labute approximate surface area is 402 Å². The zero-order valence-corrected chi connectivity index (χ0v) is 42.2. The molecular formula is C48H76N8O12. The summed E-state index contributed by atoms with van der Waals surface area (Å²) in [6, 6.07) is 12.6. The van der Waals surface area contributed by atoms with Crippen molar-refractivity contribution in [3.8, 4) is 47.0 Å². The summed E-state index contributed by atoms with van der Waals surface area (Å²) in [7, 11) is 5.91. The van der Waals surface area contributed by atoms with Gasteiger partial charge < -0.3 is 49.4 Å². The molecule has 4 N–H and O–H groups in total. The second-order valence-corrected chi connectivity index (χ2v) is 16.9. The van der Waals surface area contributed by atoms with Gasteiger partial charge in [-0.15, -0.1) is 0 Å². The molecule has 0 radical (unpaired) electrons. The van der Waals surface area contributed by atoms with E-state index >= 15 is 0 Å². The summed E-state index contributed by atoms with van der Waals surface area (Å²) in [5.74, 6) is 5.23. The van der Waals surface area contributed by atoms with Crippen molar-refractivity contribution in [3.05, 3.63) is 68.8 Å². The van der Waals surface area contributed by atoms with Crippen LogP contribution in [0.1, 0.15) is 107 Å². The van der Waals surface area contributed by atoms with Crippen molar-refractivity contribution in [2.75, 3.05) is 66.3 Å². The zero-order chi connectivity index (χ0) is 51.0. The van der Waals surface area contributed by atoms with E-state index in [1.807, 2.05) is 0 Å². The van der Waals surface area contributed by atoms with Crippen molar-refractivity contribution in [2.24, 2.45) is 23.7 Å². The summed E-state index contributed by atoms with van der Waals surface area (Å²) in [6.07, 6.45) is 8.20. The van der Waals surface area contributed by atoms with Crippen LogP contribution in [0.25, 0.3) is 0 Å². The lowest BCUT2D eigenvalue weighted by atomic mass is 10.1. The van der Waals surface area contributed by atoms with Crippen molar-refractivity contribution < 1.29 is 47.7 Å². The van der Waals surface area contributed by atoms with Crippen molar-refractivity contribution >= 4 is 22.7 Å². The standard InChI is InChI=1S/2C12H18N2O4.2C12H20N2O2/c1-9(2)5-4-8-18-11-7-6-10(14(15)16)12(13-11)17-3;1-9(2)5-4-8-18-12-10(14(15)16)6-7-11(13-12)17-3;1-9(2)5-4-8-16-11-7-6-10(13)12(14-11)15-3;1-9(2)5-4-8-16-12-10(13)6-7-11(14-12)15-3/h2*6-7,9H,4-5,8H2,1-3H3;2*6-7,9H,4-5,8,13H2,1-3H3. The quantitative estimate of drug-likeness (QED) is 0.0336. The van der Waals surface area contributed by atoms with Crippen LogP contribution < -0.4 is 49.4 Å². The van der Waals surface area contributed by atoms with Crippen molar-refractivity contribution in [1.29, 1.82) is 0 Å².